The molecule has 0 aliphatic rings. The number of carbonyl (C=O) groups is 1. The Kier molecular flexibility index (Phi) is 6.74. The summed E-state index contributed by atoms with van der Waals surface area (Å²) in [4.78, 5) is 16.0. The molecule has 20 heavy (non-hydrogen) atoms. The molecule has 1 aromatic rings. The number of pyridine rings is 1. The zero-order chi connectivity index (χ0) is 15.1. The van der Waals surface area contributed by atoms with Gasteiger partial charge in [-0.25, -0.2) is 9.78 Å². The summed E-state index contributed by atoms with van der Waals surface area (Å²) >= 11 is 3.26. The highest BCUT2D eigenvalue weighted by Crippen LogP contribution is 2.22. The van der Waals surface area contributed by atoms with E-state index in [2.05, 4.69) is 31.5 Å². The summed E-state index contributed by atoms with van der Waals surface area (Å²) in [5.41, 5.74) is 0.532. The number of methoxy groups -OCH3 is 1. The average Bonchev–Trinajstić information content (AvgIpc) is 2.39. The zero-order valence-corrected chi connectivity index (χ0v) is 13.4. The van der Waals surface area contributed by atoms with Crippen LogP contribution >= 0.6 is 15.9 Å². The fraction of sp³-hybridized carbons (Fsp3) is 0.538. The van der Waals surface area contributed by atoms with Gasteiger partial charge in [0, 0.05) is 6.07 Å². The van der Waals surface area contributed by atoms with Gasteiger partial charge in [-0.05, 0) is 34.3 Å². The Morgan fingerprint density at radius 3 is 2.70 bits per heavy atom. The standard InChI is InChI=1S/C13H20BrN3O3/c1-8(2)6-9(7-18)15-13(19)16-10-4-5-11(20-3)17-12(10)14/h4-5,8-9,18H,6-7H2,1-3H3,(H2,15,16,19). The summed E-state index contributed by atoms with van der Waals surface area (Å²) in [6.45, 7) is 3.98. The van der Waals surface area contributed by atoms with Crippen molar-refractivity contribution in [3.63, 3.8) is 0 Å². The van der Waals surface area contributed by atoms with Gasteiger partial charge in [-0.15, -0.1) is 0 Å². The lowest BCUT2D eigenvalue weighted by Crippen LogP contribution is -2.41. The number of aromatic nitrogens is 1. The van der Waals surface area contributed by atoms with Crippen LogP contribution in [0.15, 0.2) is 16.7 Å². The molecule has 3 N–H and O–H groups in total. The van der Waals surface area contributed by atoms with Crippen molar-refractivity contribution in [1.29, 1.82) is 0 Å². The van der Waals surface area contributed by atoms with Crippen LogP contribution in [0.25, 0.3) is 0 Å². The molecule has 0 fully saturated rings. The second-order valence-corrected chi connectivity index (χ2v) is 5.55. The number of ether oxygens (including phenoxy) is 1. The SMILES string of the molecule is COc1ccc(NC(=O)NC(CO)CC(C)C)c(Br)n1. The Bertz CT molecular complexity index is 454. The van der Waals surface area contributed by atoms with Crippen molar-refractivity contribution in [1.82, 2.24) is 10.3 Å². The second kappa shape index (κ2) is 8.06. The lowest BCUT2D eigenvalue weighted by Gasteiger charge is -2.18. The van der Waals surface area contributed by atoms with Crippen LogP contribution in [0, 0.1) is 5.92 Å². The third kappa shape index (κ3) is 5.34. The molecule has 1 heterocycles. The van der Waals surface area contributed by atoms with E-state index in [4.69, 9.17) is 4.74 Å². The van der Waals surface area contributed by atoms with Crippen molar-refractivity contribution < 1.29 is 14.6 Å². The molecule has 7 heteroatoms. The highest BCUT2D eigenvalue weighted by Gasteiger charge is 2.14. The highest BCUT2D eigenvalue weighted by molar-refractivity contribution is 9.10. The number of anilines is 1. The predicted molar refractivity (Wildman–Crippen MR) is 81.0 cm³/mol. The van der Waals surface area contributed by atoms with Gasteiger partial charge >= 0.3 is 6.03 Å². The van der Waals surface area contributed by atoms with Crippen molar-refractivity contribution in [3.05, 3.63) is 16.7 Å². The number of aliphatic hydroxyl groups is 1. The number of nitrogens with zero attached hydrogens (tertiary/aromatic N) is 1. The highest BCUT2D eigenvalue weighted by atomic mass is 79.9. The molecule has 112 valence electrons. The number of carbonyl (C=O) groups excluding carboxylic acids is 1. The molecule has 0 aromatic carbocycles. The molecule has 0 radical (unpaired) electrons. The molecule has 0 spiro atoms. The third-order valence-electron chi connectivity index (χ3n) is 2.59. The number of urea groups is 1. The molecule has 2 amide bonds. The second-order valence-electron chi connectivity index (χ2n) is 4.80. The smallest absolute Gasteiger partial charge is 0.319 e. The van der Waals surface area contributed by atoms with Crippen molar-refractivity contribution in [2.45, 2.75) is 26.3 Å². The van der Waals surface area contributed by atoms with Crippen molar-refractivity contribution >= 4 is 27.6 Å². The molecule has 0 bridgehead atoms. The Labute approximate surface area is 127 Å². The van der Waals surface area contributed by atoms with Crippen LogP contribution in [-0.4, -0.2) is 35.9 Å². The molecule has 0 aliphatic heterocycles. The summed E-state index contributed by atoms with van der Waals surface area (Å²) in [6.07, 6.45) is 0.714. The molecule has 1 aromatic heterocycles. The van der Waals surface area contributed by atoms with Gasteiger partial charge in [-0.1, -0.05) is 13.8 Å². The lowest BCUT2D eigenvalue weighted by atomic mass is 10.0. The molecular weight excluding hydrogens is 326 g/mol. The van der Waals surface area contributed by atoms with E-state index in [-0.39, 0.29) is 18.7 Å². The molecule has 6 nitrogen and oxygen atoms in total. The Morgan fingerprint density at radius 1 is 1.50 bits per heavy atom. The largest absolute Gasteiger partial charge is 0.481 e. The van der Waals surface area contributed by atoms with E-state index in [0.29, 0.717) is 28.5 Å². The van der Waals surface area contributed by atoms with Crippen molar-refractivity contribution in [2.24, 2.45) is 5.92 Å². The van der Waals surface area contributed by atoms with Crippen LogP contribution in [0.5, 0.6) is 5.88 Å². The van der Waals surface area contributed by atoms with Crippen LogP contribution in [0.1, 0.15) is 20.3 Å². The fourth-order valence-electron chi connectivity index (χ4n) is 1.72. The molecule has 1 unspecified atom stereocenters. The van der Waals surface area contributed by atoms with Gasteiger partial charge in [0.25, 0.3) is 0 Å². The number of rotatable bonds is 6. The molecule has 1 rings (SSSR count). The summed E-state index contributed by atoms with van der Waals surface area (Å²) in [7, 11) is 1.52. The number of aliphatic hydroxyl groups excluding tert-OH is 1. The minimum absolute atomic E-state index is 0.0897. The fourth-order valence-corrected chi connectivity index (χ4v) is 2.12. The first-order chi connectivity index (χ1) is 9.46. The maximum absolute atomic E-state index is 11.9. The van der Waals surface area contributed by atoms with E-state index in [0.717, 1.165) is 0 Å². The van der Waals surface area contributed by atoms with Crippen LogP contribution in [-0.2, 0) is 0 Å². The molecule has 1 atom stereocenters. The number of halogens is 1. The predicted octanol–water partition coefficient (Wildman–Crippen LogP) is 2.38. The molecular formula is C13H20BrN3O3. The van der Waals surface area contributed by atoms with Gasteiger partial charge < -0.3 is 20.5 Å². The van der Waals surface area contributed by atoms with Crippen LogP contribution in [0.3, 0.4) is 0 Å². The topological polar surface area (TPSA) is 83.5 Å². The van der Waals surface area contributed by atoms with Crippen LogP contribution < -0.4 is 15.4 Å². The number of hydrogen-bond acceptors (Lipinski definition) is 4. The first-order valence-corrected chi connectivity index (χ1v) is 7.14. The Hall–Kier alpha value is -1.34. The minimum atomic E-state index is -0.377. The van der Waals surface area contributed by atoms with E-state index >= 15 is 0 Å². The quantitative estimate of drug-likeness (QED) is 0.691. The van der Waals surface area contributed by atoms with Crippen molar-refractivity contribution in [3.8, 4) is 5.88 Å². The van der Waals surface area contributed by atoms with E-state index in [1.807, 2.05) is 13.8 Å². The molecule has 0 saturated carbocycles. The molecule has 0 saturated heterocycles. The van der Waals surface area contributed by atoms with Gasteiger partial charge in [0.2, 0.25) is 5.88 Å². The average molecular weight is 346 g/mol. The van der Waals surface area contributed by atoms with Gasteiger partial charge in [0.05, 0.1) is 25.4 Å². The Balaban J connectivity index is 2.61. The Morgan fingerprint density at radius 2 is 2.20 bits per heavy atom. The first kappa shape index (κ1) is 16.7. The summed E-state index contributed by atoms with van der Waals surface area (Å²) < 4.78 is 5.46. The summed E-state index contributed by atoms with van der Waals surface area (Å²) in [5, 5.41) is 14.6. The van der Waals surface area contributed by atoms with E-state index in [1.165, 1.54) is 7.11 Å². The summed E-state index contributed by atoms with van der Waals surface area (Å²) in [5.74, 6) is 0.845. The van der Waals surface area contributed by atoms with Crippen LogP contribution in [0.2, 0.25) is 0 Å². The van der Waals surface area contributed by atoms with Gasteiger partial charge in [-0.3, -0.25) is 0 Å². The maximum Gasteiger partial charge on any atom is 0.319 e. The maximum atomic E-state index is 11.9. The lowest BCUT2D eigenvalue weighted by molar-refractivity contribution is 0.214. The van der Waals surface area contributed by atoms with Gasteiger partial charge in [0.1, 0.15) is 4.60 Å². The third-order valence-corrected chi connectivity index (χ3v) is 3.20. The van der Waals surface area contributed by atoms with E-state index in [1.54, 1.807) is 12.1 Å². The minimum Gasteiger partial charge on any atom is -0.481 e. The number of nitrogens with one attached hydrogen (secondary N) is 2. The summed E-state index contributed by atoms with van der Waals surface area (Å²) in [6, 6.07) is 2.70. The van der Waals surface area contributed by atoms with E-state index in [9.17, 15) is 9.90 Å². The number of amides is 2. The first-order valence-electron chi connectivity index (χ1n) is 6.35. The molecule has 0 aliphatic carbocycles. The van der Waals surface area contributed by atoms with Crippen molar-refractivity contribution in [2.75, 3.05) is 19.0 Å². The van der Waals surface area contributed by atoms with Gasteiger partial charge in [0.15, 0.2) is 0 Å². The normalized spacial score (nSPS) is 12.1. The number of hydrogen-bond donors (Lipinski definition) is 3. The van der Waals surface area contributed by atoms with E-state index < -0.39 is 0 Å². The monoisotopic (exact) mass is 345 g/mol. The van der Waals surface area contributed by atoms with Gasteiger partial charge in [-0.2, -0.15) is 0 Å². The van der Waals surface area contributed by atoms with Crippen LogP contribution in [0.4, 0.5) is 10.5 Å². The zero-order valence-electron chi connectivity index (χ0n) is 11.8.